The lowest BCUT2D eigenvalue weighted by molar-refractivity contribution is 1.50. The highest BCUT2D eigenvalue weighted by atomic mass is 32.1. The van der Waals surface area contributed by atoms with Gasteiger partial charge in [-0.1, -0.05) is 11.6 Å². The molecule has 2 aromatic heterocycles. The van der Waals surface area contributed by atoms with Gasteiger partial charge in [-0.25, -0.2) is 0 Å². The molecule has 1 nitrogen and oxygen atoms in total. The third-order valence-electron chi connectivity index (χ3n) is 3.36. The van der Waals surface area contributed by atoms with Crippen LogP contribution in [0.5, 0.6) is 0 Å². The Bertz CT molecular complexity index is 983. The number of rotatable bonds is 0. The van der Waals surface area contributed by atoms with E-state index in [0.29, 0.717) is 0 Å². The maximum Gasteiger partial charge on any atom is 0.0991 e. The van der Waals surface area contributed by atoms with Gasteiger partial charge in [-0.3, -0.25) is 0 Å². The van der Waals surface area contributed by atoms with Gasteiger partial charge >= 0.3 is 0 Å². The highest BCUT2D eigenvalue weighted by Crippen LogP contribution is 2.44. The highest BCUT2D eigenvalue weighted by Gasteiger charge is 2.12. The lowest BCUT2D eigenvalue weighted by Crippen LogP contribution is -1.70. The first-order valence-electron chi connectivity index (χ1n) is 6.02. The minimum atomic E-state index is 0.737. The molecule has 2 aromatic carbocycles. The maximum absolute atomic E-state index is 9.04. The van der Waals surface area contributed by atoms with E-state index >= 15 is 0 Å². The number of hydrogen-bond acceptors (Lipinski definition) is 3. The van der Waals surface area contributed by atoms with Crippen LogP contribution in [0.15, 0.2) is 36.4 Å². The second kappa shape index (κ2) is 3.80. The van der Waals surface area contributed by atoms with Crippen molar-refractivity contribution in [3.63, 3.8) is 0 Å². The van der Waals surface area contributed by atoms with Crippen LogP contribution < -0.4 is 0 Å². The van der Waals surface area contributed by atoms with E-state index in [2.05, 4.69) is 37.3 Å². The first-order valence-corrected chi connectivity index (χ1v) is 7.65. The summed E-state index contributed by atoms with van der Waals surface area (Å²) in [6.45, 7) is 2.13. The van der Waals surface area contributed by atoms with E-state index in [1.54, 1.807) is 0 Å². The molecule has 0 aliphatic heterocycles. The van der Waals surface area contributed by atoms with Gasteiger partial charge < -0.3 is 0 Å². The average Bonchev–Trinajstić information content (AvgIpc) is 2.94. The smallest absolute Gasteiger partial charge is 0.0991 e. The maximum atomic E-state index is 9.04. The van der Waals surface area contributed by atoms with Gasteiger partial charge in [0.05, 0.1) is 21.0 Å². The highest BCUT2D eigenvalue weighted by molar-refractivity contribution is 7.36. The van der Waals surface area contributed by atoms with Gasteiger partial charge in [-0.2, -0.15) is 5.26 Å². The van der Waals surface area contributed by atoms with Crippen LogP contribution in [-0.4, -0.2) is 0 Å². The largest absolute Gasteiger partial charge is 0.192 e. The molecule has 19 heavy (non-hydrogen) atoms. The Hall–Kier alpha value is -1.89. The lowest BCUT2D eigenvalue weighted by Gasteiger charge is -1.92. The number of fused-ring (bicyclic) bond motifs is 5. The molecule has 0 saturated carbocycles. The van der Waals surface area contributed by atoms with Crippen molar-refractivity contribution in [1.82, 2.24) is 0 Å². The predicted octanol–water partition coefficient (Wildman–Crippen LogP) is 5.45. The summed E-state index contributed by atoms with van der Waals surface area (Å²) in [5.41, 5.74) is 2.03. The molecule has 3 heteroatoms. The molecular formula is C16H9NS2. The Morgan fingerprint density at radius 2 is 1.53 bits per heavy atom. The number of aryl methyl sites for hydroxylation is 1. The molecule has 0 unspecified atom stereocenters. The van der Waals surface area contributed by atoms with E-state index in [0.717, 1.165) is 5.56 Å². The molecule has 0 bridgehead atoms. The Kier molecular flexibility index (Phi) is 2.20. The van der Waals surface area contributed by atoms with Crippen molar-refractivity contribution >= 4 is 52.2 Å². The molecule has 90 valence electrons. The average molecular weight is 279 g/mol. The second-order valence-corrected chi connectivity index (χ2v) is 6.79. The van der Waals surface area contributed by atoms with E-state index in [1.165, 1.54) is 35.1 Å². The van der Waals surface area contributed by atoms with E-state index in [9.17, 15) is 0 Å². The number of benzene rings is 2. The van der Waals surface area contributed by atoms with Gasteiger partial charge in [-0.15, -0.1) is 22.7 Å². The predicted molar refractivity (Wildman–Crippen MR) is 84.2 cm³/mol. The van der Waals surface area contributed by atoms with Crippen molar-refractivity contribution in [2.75, 3.05) is 0 Å². The Morgan fingerprint density at radius 3 is 2.21 bits per heavy atom. The van der Waals surface area contributed by atoms with Crippen molar-refractivity contribution in [3.05, 3.63) is 47.5 Å². The molecule has 0 aliphatic rings. The summed E-state index contributed by atoms with van der Waals surface area (Å²) >= 11 is 3.65. The van der Waals surface area contributed by atoms with E-state index in [1.807, 2.05) is 34.8 Å². The quantitative estimate of drug-likeness (QED) is 0.420. The molecule has 0 N–H and O–H groups in total. The van der Waals surface area contributed by atoms with Crippen LogP contribution in [0.25, 0.3) is 29.6 Å². The molecule has 0 fully saturated rings. The fourth-order valence-corrected chi connectivity index (χ4v) is 5.04. The molecule has 0 aliphatic carbocycles. The van der Waals surface area contributed by atoms with Crippen LogP contribution in [0.2, 0.25) is 0 Å². The normalized spacial score (nSPS) is 11.4. The molecular weight excluding hydrogens is 270 g/mol. The van der Waals surface area contributed by atoms with Crippen LogP contribution in [0.3, 0.4) is 0 Å². The minimum Gasteiger partial charge on any atom is -0.192 e. The van der Waals surface area contributed by atoms with Crippen molar-refractivity contribution in [1.29, 1.82) is 5.26 Å². The van der Waals surface area contributed by atoms with E-state index in [-0.39, 0.29) is 0 Å². The zero-order chi connectivity index (χ0) is 13.0. The zero-order valence-electron chi connectivity index (χ0n) is 10.2. The summed E-state index contributed by atoms with van der Waals surface area (Å²) in [5.74, 6) is 0. The van der Waals surface area contributed by atoms with Crippen molar-refractivity contribution in [3.8, 4) is 6.07 Å². The fourth-order valence-electron chi connectivity index (χ4n) is 2.44. The summed E-state index contributed by atoms with van der Waals surface area (Å²) < 4.78 is 5.27. The fraction of sp³-hybridized carbons (Fsp3) is 0.0625. The lowest BCUT2D eigenvalue weighted by atomic mass is 10.1. The minimum absolute atomic E-state index is 0.737. The van der Waals surface area contributed by atoms with Gasteiger partial charge in [-0.05, 0) is 37.3 Å². The van der Waals surface area contributed by atoms with Crippen LogP contribution in [0.4, 0.5) is 0 Å². The van der Waals surface area contributed by atoms with Gasteiger partial charge in [0, 0.05) is 20.2 Å². The summed E-state index contributed by atoms with van der Waals surface area (Å²) in [5, 5.41) is 11.6. The monoisotopic (exact) mass is 279 g/mol. The zero-order valence-corrected chi connectivity index (χ0v) is 11.9. The SMILES string of the molecule is Cc1ccc2sc3c4cc(C#N)ccc4sc3c2c1. The molecule has 0 radical (unpaired) electrons. The number of hydrogen-bond donors (Lipinski definition) is 0. The summed E-state index contributed by atoms with van der Waals surface area (Å²) in [6.07, 6.45) is 0. The Morgan fingerprint density at radius 1 is 0.895 bits per heavy atom. The molecule has 2 heterocycles. The van der Waals surface area contributed by atoms with Gasteiger partial charge in [0.2, 0.25) is 0 Å². The summed E-state index contributed by atoms with van der Waals surface area (Å²) in [7, 11) is 0. The number of nitrogens with zero attached hydrogens (tertiary/aromatic N) is 1. The standard InChI is InChI=1S/C16H9NS2/c1-9-2-4-13-11(6-9)15-16(18-13)12-7-10(8-17)3-5-14(12)19-15/h2-7H,1H3. The molecule has 0 atom stereocenters. The Balaban J connectivity index is 2.23. The summed E-state index contributed by atoms with van der Waals surface area (Å²) in [6, 6.07) is 14.8. The molecule has 0 amide bonds. The third-order valence-corrected chi connectivity index (χ3v) is 5.90. The molecule has 4 rings (SSSR count). The van der Waals surface area contributed by atoms with E-state index < -0.39 is 0 Å². The Labute approximate surface area is 118 Å². The van der Waals surface area contributed by atoms with E-state index in [4.69, 9.17) is 5.26 Å². The van der Waals surface area contributed by atoms with Crippen LogP contribution in [-0.2, 0) is 0 Å². The van der Waals surface area contributed by atoms with Crippen molar-refractivity contribution in [2.24, 2.45) is 0 Å². The molecule has 0 spiro atoms. The van der Waals surface area contributed by atoms with Crippen molar-refractivity contribution in [2.45, 2.75) is 6.92 Å². The number of thiophene rings is 2. The first kappa shape index (κ1) is 11.0. The van der Waals surface area contributed by atoms with Gasteiger partial charge in [0.1, 0.15) is 0 Å². The topological polar surface area (TPSA) is 23.8 Å². The van der Waals surface area contributed by atoms with Gasteiger partial charge in [0.25, 0.3) is 0 Å². The molecule has 0 saturated heterocycles. The third kappa shape index (κ3) is 1.51. The van der Waals surface area contributed by atoms with Gasteiger partial charge in [0.15, 0.2) is 0 Å². The molecule has 4 aromatic rings. The van der Waals surface area contributed by atoms with Crippen molar-refractivity contribution < 1.29 is 0 Å². The number of nitriles is 1. The first-order chi connectivity index (χ1) is 9.26. The second-order valence-electron chi connectivity index (χ2n) is 4.68. The van der Waals surface area contributed by atoms with Crippen LogP contribution >= 0.6 is 22.7 Å². The van der Waals surface area contributed by atoms with Crippen LogP contribution in [0.1, 0.15) is 11.1 Å². The van der Waals surface area contributed by atoms with Crippen LogP contribution in [0, 0.1) is 18.3 Å². The summed E-state index contributed by atoms with van der Waals surface area (Å²) in [4.78, 5) is 0.